The van der Waals surface area contributed by atoms with Crippen LogP contribution in [0.3, 0.4) is 0 Å². The first-order valence-corrected chi connectivity index (χ1v) is 10.0. The summed E-state index contributed by atoms with van der Waals surface area (Å²) in [7, 11) is 3.82. The Hall–Kier alpha value is -3.65. The summed E-state index contributed by atoms with van der Waals surface area (Å²) in [6, 6.07) is -0.570. The Morgan fingerprint density at radius 2 is 1.67 bits per heavy atom. The summed E-state index contributed by atoms with van der Waals surface area (Å²) in [5.41, 5.74) is -1.71. The van der Waals surface area contributed by atoms with Crippen molar-refractivity contribution in [3.05, 3.63) is 43.5 Å². The van der Waals surface area contributed by atoms with Gasteiger partial charge in [-0.05, 0) is 12.8 Å². The minimum atomic E-state index is -4.75. The van der Waals surface area contributed by atoms with Gasteiger partial charge in [0.1, 0.15) is 6.54 Å². The number of carbonyl (C=O) groups is 1. The Kier molecular flexibility index (Phi) is 5.29. The molecule has 1 fully saturated rings. The standard InChI is InChI=1S/C18H21F3N8O4/c1-24-13-12(14(31)25(2)16(24)32)28(9-22-13)8-11(30)27-6-4-10(5-7-27)29-17(33)26(3)15(23-29)18(19,20)21/h9-10H,4-8H2,1-3H3. The second-order valence-electron chi connectivity index (χ2n) is 7.97. The Bertz CT molecular complexity index is 1420. The molecule has 0 spiro atoms. The van der Waals surface area contributed by atoms with Gasteiger partial charge in [0.25, 0.3) is 5.56 Å². The highest BCUT2D eigenvalue weighted by Crippen LogP contribution is 2.28. The molecule has 0 saturated carbocycles. The molecule has 4 heterocycles. The van der Waals surface area contributed by atoms with E-state index in [2.05, 4.69) is 10.1 Å². The molecule has 0 aliphatic carbocycles. The average Bonchev–Trinajstić information content (AvgIpc) is 3.32. The van der Waals surface area contributed by atoms with E-state index < -0.39 is 35.0 Å². The molecule has 1 aliphatic rings. The highest BCUT2D eigenvalue weighted by atomic mass is 19.4. The number of amides is 1. The van der Waals surface area contributed by atoms with Crippen LogP contribution in [-0.2, 0) is 38.7 Å². The van der Waals surface area contributed by atoms with Crippen molar-refractivity contribution in [3.63, 3.8) is 0 Å². The van der Waals surface area contributed by atoms with Crippen molar-refractivity contribution in [3.8, 4) is 0 Å². The molecule has 1 aliphatic heterocycles. The van der Waals surface area contributed by atoms with E-state index in [1.54, 1.807) is 0 Å². The largest absolute Gasteiger partial charge is 0.451 e. The van der Waals surface area contributed by atoms with Crippen LogP contribution in [0.1, 0.15) is 24.7 Å². The van der Waals surface area contributed by atoms with Gasteiger partial charge in [0.2, 0.25) is 11.7 Å². The number of likely N-dealkylation sites (tertiary alicyclic amines) is 1. The van der Waals surface area contributed by atoms with Crippen LogP contribution >= 0.6 is 0 Å². The number of piperidine rings is 1. The van der Waals surface area contributed by atoms with Gasteiger partial charge < -0.3 is 9.47 Å². The van der Waals surface area contributed by atoms with Gasteiger partial charge in [0, 0.05) is 34.2 Å². The molecule has 15 heteroatoms. The predicted molar refractivity (Wildman–Crippen MR) is 108 cm³/mol. The van der Waals surface area contributed by atoms with Crippen molar-refractivity contribution in [1.29, 1.82) is 0 Å². The number of aryl methyl sites for hydroxylation is 1. The van der Waals surface area contributed by atoms with Crippen molar-refractivity contribution in [2.45, 2.75) is 31.6 Å². The molecule has 12 nitrogen and oxygen atoms in total. The maximum absolute atomic E-state index is 13.0. The number of hydrogen-bond acceptors (Lipinski definition) is 6. The van der Waals surface area contributed by atoms with Gasteiger partial charge >= 0.3 is 17.6 Å². The molecule has 0 radical (unpaired) electrons. The SMILES string of the molecule is Cn1c(C(F)(F)F)nn(C2CCN(C(=O)Cn3cnc4c3c(=O)n(C)c(=O)n4C)CC2)c1=O. The molecule has 0 unspecified atom stereocenters. The van der Waals surface area contributed by atoms with Crippen LogP contribution in [0, 0.1) is 0 Å². The van der Waals surface area contributed by atoms with Gasteiger partial charge in [0.05, 0.1) is 12.4 Å². The summed E-state index contributed by atoms with van der Waals surface area (Å²) in [6.45, 7) is 0.213. The van der Waals surface area contributed by atoms with E-state index in [1.807, 2.05) is 0 Å². The summed E-state index contributed by atoms with van der Waals surface area (Å²) in [5, 5.41) is 3.46. The van der Waals surface area contributed by atoms with Gasteiger partial charge in [-0.1, -0.05) is 0 Å². The first-order valence-electron chi connectivity index (χ1n) is 10.0. The summed E-state index contributed by atoms with van der Waals surface area (Å²) in [5.74, 6) is -1.60. The third kappa shape index (κ3) is 3.66. The van der Waals surface area contributed by atoms with E-state index in [9.17, 15) is 32.3 Å². The Balaban J connectivity index is 1.50. The monoisotopic (exact) mass is 470 g/mol. The second kappa shape index (κ2) is 7.74. The molecular weight excluding hydrogens is 449 g/mol. The zero-order valence-electron chi connectivity index (χ0n) is 18.0. The van der Waals surface area contributed by atoms with Gasteiger partial charge in [0.15, 0.2) is 11.2 Å². The Morgan fingerprint density at radius 3 is 2.24 bits per heavy atom. The van der Waals surface area contributed by atoms with Gasteiger partial charge in [-0.15, -0.1) is 5.10 Å². The third-order valence-corrected chi connectivity index (χ3v) is 5.94. The van der Waals surface area contributed by atoms with E-state index in [0.29, 0.717) is 4.57 Å². The van der Waals surface area contributed by atoms with Crippen LogP contribution in [0.2, 0.25) is 0 Å². The Morgan fingerprint density at radius 1 is 1.03 bits per heavy atom. The molecule has 1 amide bonds. The smallest absolute Gasteiger partial charge is 0.341 e. The number of rotatable bonds is 3. The topological polar surface area (TPSA) is 122 Å². The van der Waals surface area contributed by atoms with Crippen LogP contribution in [0.15, 0.2) is 20.7 Å². The zero-order valence-corrected chi connectivity index (χ0v) is 18.0. The maximum Gasteiger partial charge on any atom is 0.451 e. The average molecular weight is 470 g/mol. The van der Waals surface area contributed by atoms with Crippen molar-refractivity contribution in [1.82, 2.24) is 37.9 Å². The number of hydrogen-bond donors (Lipinski definition) is 0. The van der Waals surface area contributed by atoms with E-state index in [4.69, 9.17) is 0 Å². The normalized spacial score (nSPS) is 15.5. The molecule has 3 aromatic heterocycles. The van der Waals surface area contributed by atoms with Gasteiger partial charge in [-0.3, -0.25) is 23.3 Å². The minimum Gasteiger partial charge on any atom is -0.341 e. The first kappa shape index (κ1) is 22.5. The van der Waals surface area contributed by atoms with Crippen LogP contribution in [-0.4, -0.2) is 56.9 Å². The molecule has 178 valence electrons. The molecule has 0 bridgehead atoms. The molecule has 0 N–H and O–H groups in total. The zero-order chi connectivity index (χ0) is 24.2. The molecular formula is C18H21F3N8O4. The van der Waals surface area contributed by atoms with E-state index in [0.717, 1.165) is 16.3 Å². The fourth-order valence-corrected chi connectivity index (χ4v) is 4.06. The lowest BCUT2D eigenvalue weighted by molar-refractivity contribution is -0.147. The maximum atomic E-state index is 13.0. The van der Waals surface area contributed by atoms with E-state index >= 15 is 0 Å². The number of aromatic nitrogens is 7. The van der Waals surface area contributed by atoms with Crippen molar-refractivity contribution < 1.29 is 18.0 Å². The molecule has 33 heavy (non-hydrogen) atoms. The lowest BCUT2D eigenvalue weighted by atomic mass is 10.1. The van der Waals surface area contributed by atoms with Crippen molar-refractivity contribution in [2.75, 3.05) is 13.1 Å². The first-order chi connectivity index (χ1) is 15.4. The number of carbonyl (C=O) groups excluding carboxylic acids is 1. The predicted octanol–water partition coefficient (Wildman–Crippen LogP) is -0.789. The van der Waals surface area contributed by atoms with Gasteiger partial charge in [-0.2, -0.15) is 13.2 Å². The minimum absolute atomic E-state index is 0.113. The van der Waals surface area contributed by atoms with Crippen LogP contribution in [0.25, 0.3) is 11.2 Å². The number of nitrogens with zero attached hydrogens (tertiary/aromatic N) is 8. The van der Waals surface area contributed by atoms with E-state index in [1.165, 1.54) is 34.5 Å². The summed E-state index contributed by atoms with van der Waals surface area (Å²) < 4.78 is 43.9. The van der Waals surface area contributed by atoms with E-state index in [-0.39, 0.29) is 49.5 Å². The quantitative estimate of drug-likeness (QED) is 0.495. The molecule has 4 rings (SSSR count). The summed E-state index contributed by atoms with van der Waals surface area (Å²) in [4.78, 5) is 55.2. The highest BCUT2D eigenvalue weighted by molar-refractivity contribution is 5.79. The number of halogens is 3. The number of alkyl halides is 3. The lowest BCUT2D eigenvalue weighted by Gasteiger charge is -2.31. The Labute approximate surface area is 183 Å². The van der Waals surface area contributed by atoms with Crippen molar-refractivity contribution in [2.24, 2.45) is 21.1 Å². The number of fused-ring (bicyclic) bond motifs is 1. The van der Waals surface area contributed by atoms with Crippen LogP contribution in [0.5, 0.6) is 0 Å². The fraction of sp³-hybridized carbons (Fsp3) is 0.556. The second-order valence-corrected chi connectivity index (χ2v) is 7.97. The molecule has 0 aromatic carbocycles. The van der Waals surface area contributed by atoms with Crippen LogP contribution < -0.4 is 16.9 Å². The highest BCUT2D eigenvalue weighted by Gasteiger charge is 2.39. The molecule has 3 aromatic rings. The van der Waals surface area contributed by atoms with Crippen LogP contribution in [0.4, 0.5) is 13.2 Å². The van der Waals surface area contributed by atoms with Crippen molar-refractivity contribution >= 4 is 17.1 Å². The summed E-state index contributed by atoms with van der Waals surface area (Å²) in [6.07, 6.45) is -2.94. The van der Waals surface area contributed by atoms with Gasteiger partial charge in [-0.25, -0.2) is 19.3 Å². The number of imidazole rings is 1. The molecule has 1 saturated heterocycles. The molecule has 0 atom stereocenters. The summed E-state index contributed by atoms with van der Waals surface area (Å²) >= 11 is 0. The third-order valence-electron chi connectivity index (χ3n) is 5.94. The lowest BCUT2D eigenvalue weighted by Crippen LogP contribution is -2.43. The fourth-order valence-electron chi connectivity index (χ4n) is 4.06.